The summed E-state index contributed by atoms with van der Waals surface area (Å²) >= 11 is 23.7. The second-order valence-corrected chi connectivity index (χ2v) is 6.45. The van der Waals surface area contributed by atoms with Crippen LogP contribution in [0.25, 0.3) is 0 Å². The molecule has 1 aromatic heterocycles. The standard InChI is InChI=1S/C15H10Cl4N2O/c16-10-11(17)13(21-14(19)12(10)18)15(22)20-9-6-5-7-3-1-2-4-8(7)9/h1-4,9H,5-6H2,(H,20,22). The zero-order valence-corrected chi connectivity index (χ0v) is 14.2. The van der Waals surface area contributed by atoms with Gasteiger partial charge in [0.15, 0.2) is 0 Å². The van der Waals surface area contributed by atoms with Crippen molar-refractivity contribution in [2.45, 2.75) is 18.9 Å². The molecule has 2 aromatic rings. The molecule has 22 heavy (non-hydrogen) atoms. The van der Waals surface area contributed by atoms with Gasteiger partial charge in [0.25, 0.3) is 5.91 Å². The van der Waals surface area contributed by atoms with Gasteiger partial charge in [-0.05, 0) is 24.0 Å². The first kappa shape index (κ1) is 15.9. The van der Waals surface area contributed by atoms with Gasteiger partial charge in [-0.15, -0.1) is 0 Å². The van der Waals surface area contributed by atoms with E-state index in [1.165, 1.54) is 5.56 Å². The van der Waals surface area contributed by atoms with E-state index < -0.39 is 5.91 Å². The van der Waals surface area contributed by atoms with Gasteiger partial charge in [-0.1, -0.05) is 70.7 Å². The Morgan fingerprint density at radius 3 is 2.59 bits per heavy atom. The minimum atomic E-state index is -0.424. The highest BCUT2D eigenvalue weighted by molar-refractivity contribution is 6.52. The molecule has 1 N–H and O–H groups in total. The first-order valence-corrected chi connectivity index (χ1v) is 8.09. The van der Waals surface area contributed by atoms with Gasteiger partial charge in [0.2, 0.25) is 0 Å². The van der Waals surface area contributed by atoms with E-state index in [0.29, 0.717) is 0 Å². The molecule has 0 spiro atoms. The van der Waals surface area contributed by atoms with E-state index in [1.54, 1.807) is 0 Å². The zero-order valence-electron chi connectivity index (χ0n) is 11.2. The monoisotopic (exact) mass is 374 g/mol. The maximum atomic E-state index is 12.4. The third-order valence-corrected chi connectivity index (χ3v) is 5.32. The molecule has 0 aliphatic heterocycles. The lowest BCUT2D eigenvalue weighted by molar-refractivity contribution is 0.0932. The van der Waals surface area contributed by atoms with Crippen LogP contribution in [-0.4, -0.2) is 10.9 Å². The summed E-state index contributed by atoms with van der Waals surface area (Å²) in [5.41, 5.74) is 2.32. The molecule has 1 aromatic carbocycles. The highest BCUT2D eigenvalue weighted by atomic mass is 35.5. The average Bonchev–Trinajstić information content (AvgIpc) is 2.92. The number of amides is 1. The molecule has 1 aliphatic carbocycles. The molecule has 1 amide bonds. The lowest BCUT2D eigenvalue weighted by Gasteiger charge is -2.15. The Hall–Kier alpha value is -1.000. The van der Waals surface area contributed by atoms with Gasteiger partial charge in [-0.25, -0.2) is 4.98 Å². The molecule has 0 saturated heterocycles. The fourth-order valence-electron chi connectivity index (χ4n) is 2.57. The first-order valence-electron chi connectivity index (χ1n) is 6.57. The molecule has 1 aliphatic rings. The van der Waals surface area contributed by atoms with Crippen LogP contribution in [0.2, 0.25) is 20.2 Å². The lowest BCUT2D eigenvalue weighted by atomic mass is 10.1. The molecule has 0 saturated carbocycles. The van der Waals surface area contributed by atoms with Gasteiger partial charge in [-0.3, -0.25) is 4.79 Å². The van der Waals surface area contributed by atoms with E-state index in [9.17, 15) is 4.79 Å². The number of pyridine rings is 1. The normalized spacial score (nSPS) is 16.5. The molecule has 0 fully saturated rings. The summed E-state index contributed by atoms with van der Waals surface area (Å²) in [6.07, 6.45) is 1.75. The number of benzene rings is 1. The number of aromatic nitrogens is 1. The summed E-state index contributed by atoms with van der Waals surface area (Å²) in [4.78, 5) is 16.4. The van der Waals surface area contributed by atoms with Crippen molar-refractivity contribution in [2.24, 2.45) is 0 Å². The Morgan fingerprint density at radius 1 is 1.09 bits per heavy atom. The van der Waals surface area contributed by atoms with Crippen LogP contribution >= 0.6 is 46.4 Å². The van der Waals surface area contributed by atoms with Gasteiger partial charge < -0.3 is 5.32 Å². The minimum absolute atomic E-state index is 0.000140. The predicted octanol–water partition coefficient (Wildman–Crippen LogP) is 5.11. The SMILES string of the molecule is O=C(NC1CCc2ccccc21)c1nc(Cl)c(Cl)c(Cl)c1Cl. The second-order valence-electron chi connectivity index (χ2n) is 4.96. The first-order chi connectivity index (χ1) is 10.5. The Morgan fingerprint density at radius 2 is 1.82 bits per heavy atom. The van der Waals surface area contributed by atoms with Crippen LogP contribution in [0.3, 0.4) is 0 Å². The summed E-state index contributed by atoms with van der Waals surface area (Å²) in [5, 5.41) is 2.94. The predicted molar refractivity (Wildman–Crippen MR) is 89.2 cm³/mol. The highest BCUT2D eigenvalue weighted by Gasteiger charge is 2.26. The Balaban J connectivity index is 1.88. The number of fused-ring (bicyclic) bond motifs is 1. The Bertz CT molecular complexity index is 763. The van der Waals surface area contributed by atoms with Crippen LogP contribution < -0.4 is 5.32 Å². The number of halogens is 4. The largest absolute Gasteiger partial charge is 0.344 e. The lowest BCUT2D eigenvalue weighted by Crippen LogP contribution is -2.28. The Labute approximate surface area is 147 Å². The maximum Gasteiger partial charge on any atom is 0.272 e. The van der Waals surface area contributed by atoms with Crippen LogP contribution in [0.5, 0.6) is 0 Å². The van der Waals surface area contributed by atoms with Crippen molar-refractivity contribution >= 4 is 52.3 Å². The van der Waals surface area contributed by atoms with Crippen molar-refractivity contribution in [3.8, 4) is 0 Å². The molecular formula is C15H10Cl4N2O. The minimum Gasteiger partial charge on any atom is -0.344 e. The van der Waals surface area contributed by atoms with Gasteiger partial charge >= 0.3 is 0 Å². The molecule has 114 valence electrons. The average molecular weight is 376 g/mol. The summed E-state index contributed by atoms with van der Waals surface area (Å²) in [6, 6.07) is 7.92. The van der Waals surface area contributed by atoms with E-state index in [0.717, 1.165) is 18.4 Å². The smallest absolute Gasteiger partial charge is 0.272 e. The molecule has 0 bridgehead atoms. The van der Waals surface area contributed by atoms with Gasteiger partial charge in [0.05, 0.1) is 21.1 Å². The quantitative estimate of drug-likeness (QED) is 0.740. The summed E-state index contributed by atoms with van der Waals surface area (Å²) < 4.78 is 0. The van der Waals surface area contributed by atoms with Crippen LogP contribution in [-0.2, 0) is 6.42 Å². The number of carbonyl (C=O) groups excluding carboxylic acids is 1. The number of rotatable bonds is 2. The van der Waals surface area contributed by atoms with Crippen LogP contribution in [0.15, 0.2) is 24.3 Å². The van der Waals surface area contributed by atoms with Gasteiger partial charge in [-0.2, -0.15) is 0 Å². The maximum absolute atomic E-state index is 12.4. The topological polar surface area (TPSA) is 42.0 Å². The van der Waals surface area contributed by atoms with Crippen LogP contribution in [0.1, 0.15) is 34.1 Å². The van der Waals surface area contributed by atoms with Crippen molar-refractivity contribution in [3.63, 3.8) is 0 Å². The second kappa shape index (κ2) is 6.25. The molecular weight excluding hydrogens is 366 g/mol. The highest BCUT2D eigenvalue weighted by Crippen LogP contribution is 2.37. The Kier molecular flexibility index (Phi) is 4.51. The van der Waals surface area contributed by atoms with Gasteiger partial charge in [0, 0.05) is 0 Å². The molecule has 1 heterocycles. The molecule has 3 rings (SSSR count). The van der Waals surface area contributed by atoms with Crippen molar-refractivity contribution in [1.82, 2.24) is 10.3 Å². The number of hydrogen-bond acceptors (Lipinski definition) is 2. The third kappa shape index (κ3) is 2.79. The molecule has 3 nitrogen and oxygen atoms in total. The van der Waals surface area contributed by atoms with Crippen LogP contribution in [0.4, 0.5) is 0 Å². The number of nitrogens with zero attached hydrogens (tertiary/aromatic N) is 1. The zero-order chi connectivity index (χ0) is 15.9. The number of nitrogens with one attached hydrogen (secondary N) is 1. The third-order valence-electron chi connectivity index (χ3n) is 3.64. The molecule has 1 unspecified atom stereocenters. The van der Waals surface area contributed by atoms with Crippen LogP contribution in [0, 0.1) is 0 Å². The summed E-state index contributed by atoms with van der Waals surface area (Å²) in [6.45, 7) is 0. The van der Waals surface area contributed by atoms with E-state index >= 15 is 0 Å². The molecule has 0 radical (unpaired) electrons. The summed E-state index contributed by atoms with van der Waals surface area (Å²) in [5.74, 6) is -0.424. The van der Waals surface area contributed by atoms with Crippen molar-refractivity contribution in [2.75, 3.05) is 0 Å². The van der Waals surface area contributed by atoms with Gasteiger partial charge in [0.1, 0.15) is 10.8 Å². The molecule has 7 heteroatoms. The fourth-order valence-corrected chi connectivity index (χ4v) is 3.39. The van der Waals surface area contributed by atoms with Crippen molar-refractivity contribution < 1.29 is 4.79 Å². The van der Waals surface area contributed by atoms with Crippen molar-refractivity contribution in [3.05, 3.63) is 61.3 Å². The van der Waals surface area contributed by atoms with E-state index in [1.807, 2.05) is 18.2 Å². The van der Waals surface area contributed by atoms with Crippen molar-refractivity contribution in [1.29, 1.82) is 0 Å². The fraction of sp³-hybridized carbons (Fsp3) is 0.200. The summed E-state index contributed by atoms with van der Waals surface area (Å²) in [7, 11) is 0. The van der Waals surface area contributed by atoms with E-state index in [4.69, 9.17) is 46.4 Å². The van der Waals surface area contributed by atoms with E-state index in [2.05, 4.69) is 16.4 Å². The number of hydrogen-bond donors (Lipinski definition) is 1. The molecule has 1 atom stereocenters. The number of carbonyl (C=O) groups is 1. The van der Waals surface area contributed by atoms with E-state index in [-0.39, 0.29) is 32.0 Å². The number of aryl methyl sites for hydroxylation is 1.